The first-order chi connectivity index (χ1) is 8.90. The van der Waals surface area contributed by atoms with E-state index in [1.807, 2.05) is 37.7 Å². The lowest BCUT2D eigenvalue weighted by Crippen LogP contribution is -2.09. The second-order valence-electron chi connectivity index (χ2n) is 5.08. The van der Waals surface area contributed by atoms with Crippen molar-refractivity contribution in [3.05, 3.63) is 40.7 Å². The lowest BCUT2D eigenvalue weighted by atomic mass is 10.1. The van der Waals surface area contributed by atoms with Crippen LogP contribution in [0.15, 0.2) is 18.2 Å². The second kappa shape index (κ2) is 4.96. The molecule has 4 nitrogen and oxygen atoms in total. The van der Waals surface area contributed by atoms with Crippen molar-refractivity contribution in [3.63, 3.8) is 0 Å². The molecule has 1 aromatic heterocycles. The van der Waals surface area contributed by atoms with Gasteiger partial charge in [0, 0.05) is 30.1 Å². The Kier molecular flexibility index (Phi) is 3.51. The maximum Gasteiger partial charge on any atom is 0.120 e. The standard InChI is InChI=1S/C15H21N3O/c1-9-6-7-13(8-14(9)19)16-10(2)15-11(3)17-18(5)12(15)4/h6-8,10,16,19H,1-5H3. The summed E-state index contributed by atoms with van der Waals surface area (Å²) in [7, 11) is 1.95. The summed E-state index contributed by atoms with van der Waals surface area (Å²) in [6.45, 7) is 8.08. The van der Waals surface area contributed by atoms with Gasteiger partial charge in [0.1, 0.15) is 5.75 Å². The van der Waals surface area contributed by atoms with E-state index >= 15 is 0 Å². The summed E-state index contributed by atoms with van der Waals surface area (Å²) in [6, 6.07) is 5.79. The molecule has 2 aromatic rings. The summed E-state index contributed by atoms with van der Waals surface area (Å²) in [6.07, 6.45) is 0. The highest BCUT2D eigenvalue weighted by Gasteiger charge is 2.16. The van der Waals surface area contributed by atoms with Crippen LogP contribution in [0.1, 0.15) is 35.5 Å². The zero-order chi connectivity index (χ0) is 14.2. The van der Waals surface area contributed by atoms with E-state index in [0.717, 1.165) is 22.6 Å². The van der Waals surface area contributed by atoms with Crippen molar-refractivity contribution in [2.75, 3.05) is 5.32 Å². The summed E-state index contributed by atoms with van der Waals surface area (Å²) in [5, 5.41) is 17.6. The highest BCUT2D eigenvalue weighted by Crippen LogP contribution is 2.27. The Balaban J connectivity index is 2.25. The van der Waals surface area contributed by atoms with E-state index in [0.29, 0.717) is 5.75 Å². The number of phenolic OH excluding ortho intramolecular Hbond substituents is 1. The number of benzene rings is 1. The van der Waals surface area contributed by atoms with Crippen molar-refractivity contribution in [2.24, 2.45) is 7.05 Å². The average molecular weight is 259 g/mol. The fourth-order valence-corrected chi connectivity index (χ4v) is 2.44. The Morgan fingerprint density at radius 3 is 2.47 bits per heavy atom. The number of nitrogens with one attached hydrogen (secondary N) is 1. The molecule has 1 aromatic carbocycles. The minimum Gasteiger partial charge on any atom is -0.508 e. The maximum atomic E-state index is 9.74. The topological polar surface area (TPSA) is 50.1 Å². The van der Waals surface area contributed by atoms with Gasteiger partial charge in [-0.15, -0.1) is 0 Å². The SMILES string of the molecule is Cc1ccc(NC(C)c2c(C)nn(C)c2C)cc1O. The van der Waals surface area contributed by atoms with Crippen LogP contribution in [0.2, 0.25) is 0 Å². The fraction of sp³-hybridized carbons (Fsp3) is 0.400. The monoisotopic (exact) mass is 259 g/mol. The van der Waals surface area contributed by atoms with Crippen LogP contribution >= 0.6 is 0 Å². The maximum absolute atomic E-state index is 9.74. The van der Waals surface area contributed by atoms with Crippen molar-refractivity contribution in [2.45, 2.75) is 33.7 Å². The lowest BCUT2D eigenvalue weighted by molar-refractivity contribution is 0.471. The van der Waals surface area contributed by atoms with Crippen LogP contribution in [0.3, 0.4) is 0 Å². The molecule has 1 atom stereocenters. The van der Waals surface area contributed by atoms with Crippen molar-refractivity contribution in [1.82, 2.24) is 9.78 Å². The Labute approximate surface area is 114 Å². The number of aryl methyl sites for hydroxylation is 3. The molecular formula is C15H21N3O. The molecule has 19 heavy (non-hydrogen) atoms. The molecule has 0 aliphatic rings. The molecule has 0 saturated heterocycles. The molecule has 0 aliphatic heterocycles. The molecule has 0 radical (unpaired) electrons. The van der Waals surface area contributed by atoms with E-state index < -0.39 is 0 Å². The largest absolute Gasteiger partial charge is 0.508 e. The average Bonchev–Trinajstić information content (AvgIpc) is 2.58. The summed E-state index contributed by atoms with van der Waals surface area (Å²) in [5.74, 6) is 0.317. The number of phenols is 1. The Hall–Kier alpha value is -1.97. The van der Waals surface area contributed by atoms with Crippen LogP contribution in [-0.4, -0.2) is 14.9 Å². The summed E-state index contributed by atoms with van der Waals surface area (Å²) < 4.78 is 1.90. The fourth-order valence-electron chi connectivity index (χ4n) is 2.44. The van der Waals surface area contributed by atoms with Crippen molar-refractivity contribution in [3.8, 4) is 5.75 Å². The highest BCUT2D eigenvalue weighted by atomic mass is 16.3. The zero-order valence-electron chi connectivity index (χ0n) is 12.2. The van der Waals surface area contributed by atoms with Gasteiger partial charge in [-0.2, -0.15) is 5.10 Å². The predicted molar refractivity (Wildman–Crippen MR) is 77.6 cm³/mol. The van der Waals surface area contributed by atoms with Gasteiger partial charge < -0.3 is 10.4 Å². The van der Waals surface area contributed by atoms with Crippen LogP contribution in [0.5, 0.6) is 5.75 Å². The van der Waals surface area contributed by atoms with Gasteiger partial charge in [-0.25, -0.2) is 0 Å². The first kappa shape index (κ1) is 13.5. The van der Waals surface area contributed by atoms with Crippen LogP contribution in [-0.2, 0) is 7.05 Å². The number of aromatic nitrogens is 2. The van der Waals surface area contributed by atoms with Gasteiger partial charge in [0.05, 0.1) is 11.7 Å². The Bertz CT molecular complexity index is 602. The summed E-state index contributed by atoms with van der Waals surface area (Å²) >= 11 is 0. The van der Waals surface area contributed by atoms with E-state index in [1.165, 1.54) is 5.56 Å². The Morgan fingerprint density at radius 1 is 1.26 bits per heavy atom. The zero-order valence-corrected chi connectivity index (χ0v) is 12.2. The molecule has 1 unspecified atom stereocenters. The molecule has 1 heterocycles. The van der Waals surface area contributed by atoms with E-state index in [2.05, 4.69) is 24.3 Å². The molecule has 2 N–H and O–H groups in total. The first-order valence-corrected chi connectivity index (χ1v) is 6.46. The molecule has 0 bridgehead atoms. The quantitative estimate of drug-likeness (QED) is 0.889. The predicted octanol–water partition coefficient (Wildman–Crippen LogP) is 3.22. The number of anilines is 1. The smallest absolute Gasteiger partial charge is 0.120 e. The van der Waals surface area contributed by atoms with Crippen molar-refractivity contribution in [1.29, 1.82) is 0 Å². The normalized spacial score (nSPS) is 12.5. The van der Waals surface area contributed by atoms with Crippen LogP contribution in [0.25, 0.3) is 0 Å². The second-order valence-corrected chi connectivity index (χ2v) is 5.08. The minimum atomic E-state index is 0.149. The van der Waals surface area contributed by atoms with E-state index in [4.69, 9.17) is 0 Å². The number of aromatic hydroxyl groups is 1. The van der Waals surface area contributed by atoms with Crippen LogP contribution in [0, 0.1) is 20.8 Å². The third-order valence-electron chi connectivity index (χ3n) is 3.59. The van der Waals surface area contributed by atoms with Gasteiger partial charge in [0.2, 0.25) is 0 Å². The Morgan fingerprint density at radius 2 is 1.95 bits per heavy atom. The van der Waals surface area contributed by atoms with Gasteiger partial charge in [-0.3, -0.25) is 4.68 Å². The molecule has 0 fully saturated rings. The van der Waals surface area contributed by atoms with Gasteiger partial charge in [0.25, 0.3) is 0 Å². The summed E-state index contributed by atoms with van der Waals surface area (Å²) in [5.41, 5.74) is 5.21. The van der Waals surface area contributed by atoms with Crippen molar-refractivity contribution >= 4 is 5.69 Å². The third kappa shape index (κ3) is 2.57. The molecule has 0 amide bonds. The molecule has 102 valence electrons. The molecule has 0 saturated carbocycles. The molecule has 4 heteroatoms. The summed E-state index contributed by atoms with van der Waals surface area (Å²) in [4.78, 5) is 0. The van der Waals surface area contributed by atoms with Crippen molar-refractivity contribution < 1.29 is 5.11 Å². The van der Waals surface area contributed by atoms with E-state index in [1.54, 1.807) is 6.07 Å². The molecule has 0 aliphatic carbocycles. The van der Waals surface area contributed by atoms with Gasteiger partial charge in [-0.05, 0) is 39.3 Å². The van der Waals surface area contributed by atoms with Gasteiger partial charge >= 0.3 is 0 Å². The van der Waals surface area contributed by atoms with E-state index in [-0.39, 0.29) is 6.04 Å². The molecule has 0 spiro atoms. The number of hydrogen-bond acceptors (Lipinski definition) is 3. The van der Waals surface area contributed by atoms with Gasteiger partial charge in [0.15, 0.2) is 0 Å². The first-order valence-electron chi connectivity index (χ1n) is 6.46. The van der Waals surface area contributed by atoms with Crippen LogP contribution < -0.4 is 5.32 Å². The minimum absolute atomic E-state index is 0.149. The van der Waals surface area contributed by atoms with Crippen LogP contribution in [0.4, 0.5) is 5.69 Å². The number of nitrogens with zero attached hydrogens (tertiary/aromatic N) is 2. The third-order valence-corrected chi connectivity index (χ3v) is 3.59. The van der Waals surface area contributed by atoms with E-state index in [9.17, 15) is 5.11 Å². The molecular weight excluding hydrogens is 238 g/mol. The number of rotatable bonds is 3. The molecule has 2 rings (SSSR count). The van der Waals surface area contributed by atoms with Gasteiger partial charge in [-0.1, -0.05) is 6.07 Å². The highest BCUT2D eigenvalue weighted by molar-refractivity contribution is 5.52. The lowest BCUT2D eigenvalue weighted by Gasteiger charge is -2.16. The number of hydrogen-bond donors (Lipinski definition) is 2.